The zero-order chi connectivity index (χ0) is 16.9. The van der Waals surface area contributed by atoms with Gasteiger partial charge in [0.05, 0.1) is 12.8 Å². The number of rotatable bonds is 6. The molecular formula is C14H27N3O4S. The smallest absolute Gasteiger partial charge is 0.238 e. The fourth-order valence-corrected chi connectivity index (χ4v) is 3.07. The molecule has 1 aliphatic heterocycles. The molecule has 7 nitrogen and oxygen atoms in total. The van der Waals surface area contributed by atoms with Crippen molar-refractivity contribution in [3.63, 3.8) is 0 Å². The van der Waals surface area contributed by atoms with Crippen LogP contribution in [0.25, 0.3) is 0 Å². The van der Waals surface area contributed by atoms with Crippen LogP contribution in [-0.4, -0.2) is 79.9 Å². The third-order valence-corrected chi connectivity index (χ3v) is 5.06. The van der Waals surface area contributed by atoms with Crippen LogP contribution in [0.5, 0.6) is 0 Å². The van der Waals surface area contributed by atoms with Gasteiger partial charge in [0.2, 0.25) is 21.8 Å². The molecule has 0 aromatic carbocycles. The van der Waals surface area contributed by atoms with Crippen LogP contribution in [0.15, 0.2) is 0 Å². The molecule has 1 rings (SSSR count). The summed E-state index contributed by atoms with van der Waals surface area (Å²) in [5.74, 6) is 0.178. The van der Waals surface area contributed by atoms with Crippen molar-refractivity contribution in [3.05, 3.63) is 0 Å². The molecule has 0 spiro atoms. The van der Waals surface area contributed by atoms with Crippen LogP contribution in [0.4, 0.5) is 0 Å². The summed E-state index contributed by atoms with van der Waals surface area (Å²) in [6.45, 7) is 7.71. The molecule has 0 unspecified atom stereocenters. The van der Waals surface area contributed by atoms with E-state index in [0.717, 1.165) is 12.7 Å². The second-order valence-electron chi connectivity index (χ2n) is 6.17. The molecule has 1 saturated heterocycles. The third kappa shape index (κ3) is 5.92. The van der Waals surface area contributed by atoms with E-state index in [2.05, 4.69) is 0 Å². The minimum atomic E-state index is -3.40. The van der Waals surface area contributed by atoms with Gasteiger partial charge in [0, 0.05) is 39.6 Å². The molecule has 22 heavy (non-hydrogen) atoms. The van der Waals surface area contributed by atoms with E-state index >= 15 is 0 Å². The summed E-state index contributed by atoms with van der Waals surface area (Å²) in [4.78, 5) is 26.9. The monoisotopic (exact) mass is 333 g/mol. The summed E-state index contributed by atoms with van der Waals surface area (Å²) in [6.07, 6.45) is 1.85. The van der Waals surface area contributed by atoms with Crippen molar-refractivity contribution in [2.24, 2.45) is 5.92 Å². The molecule has 0 radical (unpaired) electrons. The lowest BCUT2D eigenvalue weighted by Gasteiger charge is -2.35. The second kappa shape index (κ2) is 7.92. The number of hydrogen-bond acceptors (Lipinski definition) is 4. The lowest BCUT2D eigenvalue weighted by atomic mass is 10.1. The molecule has 0 aromatic rings. The first-order valence-corrected chi connectivity index (χ1v) is 9.44. The molecule has 0 saturated carbocycles. The summed E-state index contributed by atoms with van der Waals surface area (Å²) in [5, 5.41) is 0. The van der Waals surface area contributed by atoms with Gasteiger partial charge in [-0.05, 0) is 12.3 Å². The van der Waals surface area contributed by atoms with Gasteiger partial charge in [0.15, 0.2) is 0 Å². The Bertz CT molecular complexity index is 496. The van der Waals surface area contributed by atoms with Gasteiger partial charge in [-0.15, -0.1) is 0 Å². The van der Waals surface area contributed by atoms with E-state index in [1.165, 1.54) is 11.2 Å². The normalized spacial score (nSPS) is 16.5. The van der Waals surface area contributed by atoms with Crippen LogP contribution in [-0.2, 0) is 19.6 Å². The molecule has 128 valence electrons. The van der Waals surface area contributed by atoms with Crippen molar-refractivity contribution < 1.29 is 18.0 Å². The SMILES string of the molecule is CC(=O)N1CCN(C(=O)CN(CCC(C)C)S(C)(=O)=O)CC1. The van der Waals surface area contributed by atoms with Crippen LogP contribution in [0, 0.1) is 5.92 Å². The number of carbonyl (C=O) groups excluding carboxylic acids is 2. The van der Waals surface area contributed by atoms with E-state index < -0.39 is 10.0 Å². The predicted octanol–water partition coefficient (Wildman–Crippen LogP) is -0.0152. The highest BCUT2D eigenvalue weighted by atomic mass is 32.2. The van der Waals surface area contributed by atoms with Gasteiger partial charge >= 0.3 is 0 Å². The Morgan fingerprint density at radius 1 is 1.09 bits per heavy atom. The molecule has 1 heterocycles. The van der Waals surface area contributed by atoms with Crippen LogP contribution in [0.2, 0.25) is 0 Å². The van der Waals surface area contributed by atoms with Gasteiger partial charge in [-0.1, -0.05) is 13.8 Å². The first-order valence-electron chi connectivity index (χ1n) is 7.59. The zero-order valence-corrected chi connectivity index (χ0v) is 14.7. The predicted molar refractivity (Wildman–Crippen MR) is 84.7 cm³/mol. The molecular weight excluding hydrogens is 306 g/mol. The maximum atomic E-state index is 12.3. The minimum Gasteiger partial charge on any atom is -0.339 e. The van der Waals surface area contributed by atoms with Crippen molar-refractivity contribution >= 4 is 21.8 Å². The van der Waals surface area contributed by atoms with E-state index in [1.54, 1.807) is 9.80 Å². The second-order valence-corrected chi connectivity index (χ2v) is 8.15. The van der Waals surface area contributed by atoms with Crippen molar-refractivity contribution in [1.82, 2.24) is 14.1 Å². The number of hydrogen-bond donors (Lipinski definition) is 0. The largest absolute Gasteiger partial charge is 0.339 e. The number of sulfonamides is 1. The van der Waals surface area contributed by atoms with Crippen LogP contribution < -0.4 is 0 Å². The quantitative estimate of drug-likeness (QED) is 0.685. The summed E-state index contributed by atoms with van der Waals surface area (Å²) in [7, 11) is -3.40. The Kier molecular flexibility index (Phi) is 6.80. The van der Waals surface area contributed by atoms with Gasteiger partial charge in [0.25, 0.3) is 0 Å². The molecule has 0 N–H and O–H groups in total. The highest BCUT2D eigenvalue weighted by Crippen LogP contribution is 2.08. The topological polar surface area (TPSA) is 78.0 Å². The molecule has 0 aromatic heterocycles. The molecule has 2 amide bonds. The van der Waals surface area contributed by atoms with Gasteiger partial charge in [-0.3, -0.25) is 9.59 Å². The van der Waals surface area contributed by atoms with Gasteiger partial charge < -0.3 is 9.80 Å². The highest BCUT2D eigenvalue weighted by Gasteiger charge is 2.26. The van der Waals surface area contributed by atoms with E-state index in [4.69, 9.17) is 0 Å². The van der Waals surface area contributed by atoms with Crippen LogP contribution in [0.3, 0.4) is 0 Å². The van der Waals surface area contributed by atoms with Gasteiger partial charge in [-0.2, -0.15) is 4.31 Å². The average molecular weight is 333 g/mol. The average Bonchev–Trinajstić information content (AvgIpc) is 2.41. The number of amides is 2. The summed E-state index contributed by atoms with van der Waals surface area (Å²) in [5.41, 5.74) is 0. The molecule has 0 atom stereocenters. The van der Waals surface area contributed by atoms with Crippen LogP contribution in [0.1, 0.15) is 27.2 Å². The maximum Gasteiger partial charge on any atom is 0.238 e. The Morgan fingerprint density at radius 2 is 1.59 bits per heavy atom. The first-order chi connectivity index (χ1) is 10.1. The highest BCUT2D eigenvalue weighted by molar-refractivity contribution is 7.88. The molecule has 8 heteroatoms. The van der Waals surface area contributed by atoms with Crippen molar-refractivity contribution in [2.75, 3.05) is 45.5 Å². The van der Waals surface area contributed by atoms with Crippen LogP contribution >= 0.6 is 0 Å². The van der Waals surface area contributed by atoms with E-state index in [1.807, 2.05) is 13.8 Å². The Hall–Kier alpha value is -1.15. The number of carbonyl (C=O) groups is 2. The Balaban J connectivity index is 2.59. The molecule has 1 aliphatic rings. The van der Waals surface area contributed by atoms with Crippen molar-refractivity contribution in [3.8, 4) is 0 Å². The fourth-order valence-electron chi connectivity index (χ4n) is 2.29. The number of nitrogens with zero attached hydrogens (tertiary/aromatic N) is 3. The Morgan fingerprint density at radius 3 is 2.00 bits per heavy atom. The minimum absolute atomic E-state index is 0.00166. The zero-order valence-electron chi connectivity index (χ0n) is 13.9. The fraction of sp³-hybridized carbons (Fsp3) is 0.857. The Labute approximate surface area is 133 Å². The summed E-state index contributed by atoms with van der Waals surface area (Å²) < 4.78 is 24.9. The number of piperazine rings is 1. The molecule has 0 bridgehead atoms. The van der Waals surface area contributed by atoms with E-state index in [-0.39, 0.29) is 18.4 Å². The summed E-state index contributed by atoms with van der Waals surface area (Å²) in [6, 6.07) is 0. The van der Waals surface area contributed by atoms with Gasteiger partial charge in [0.1, 0.15) is 0 Å². The van der Waals surface area contributed by atoms with E-state index in [9.17, 15) is 18.0 Å². The first kappa shape index (κ1) is 18.9. The maximum absolute atomic E-state index is 12.3. The molecule has 0 aliphatic carbocycles. The van der Waals surface area contributed by atoms with E-state index in [0.29, 0.717) is 38.6 Å². The standard InChI is InChI=1S/C14H27N3O4S/c1-12(2)5-6-17(22(4,20)21)11-14(19)16-9-7-15(8-10-16)13(3)18/h12H,5-11H2,1-4H3. The van der Waals surface area contributed by atoms with Gasteiger partial charge in [-0.25, -0.2) is 8.42 Å². The lowest BCUT2D eigenvalue weighted by Crippen LogP contribution is -2.52. The lowest BCUT2D eigenvalue weighted by molar-refractivity contribution is -0.138. The molecule has 1 fully saturated rings. The van der Waals surface area contributed by atoms with Crippen molar-refractivity contribution in [2.45, 2.75) is 27.2 Å². The third-order valence-electron chi connectivity index (χ3n) is 3.81. The summed E-state index contributed by atoms with van der Waals surface area (Å²) >= 11 is 0. The van der Waals surface area contributed by atoms with Crippen molar-refractivity contribution in [1.29, 1.82) is 0 Å².